The Kier molecular flexibility index (Phi) is 3.75. The maximum Gasteiger partial charge on any atom is 0.355 e. The Bertz CT molecular complexity index is 590. The largest absolute Gasteiger partial charge is 0.497 e. The van der Waals surface area contributed by atoms with Crippen molar-refractivity contribution in [1.82, 2.24) is 4.57 Å². The van der Waals surface area contributed by atoms with Gasteiger partial charge in [-0.1, -0.05) is 12.1 Å². The topological polar surface area (TPSA) is 66.5 Å². The highest BCUT2D eigenvalue weighted by Crippen LogP contribution is 2.15. The number of esters is 1. The number of nitrogens with two attached hydrogens (primary N) is 1. The minimum Gasteiger partial charge on any atom is -0.497 e. The van der Waals surface area contributed by atoms with Gasteiger partial charge in [-0.15, -0.1) is 0 Å². The lowest BCUT2D eigenvalue weighted by Gasteiger charge is -2.07. The van der Waals surface area contributed by atoms with Crippen LogP contribution in [0.4, 0.5) is 5.69 Å². The molecule has 100 valence electrons. The standard InChI is InChI=1S/C14H16N2O3/c1-16-8-11(15)7-13(16)14(17)19-9-10-4-3-5-12(6-10)18-2/h3-8H,9,15H2,1-2H3. The minimum atomic E-state index is -0.401. The van der Waals surface area contributed by atoms with Crippen molar-refractivity contribution in [2.24, 2.45) is 7.05 Å². The van der Waals surface area contributed by atoms with E-state index in [9.17, 15) is 4.79 Å². The molecule has 0 saturated carbocycles. The Balaban J connectivity index is 2.02. The summed E-state index contributed by atoms with van der Waals surface area (Å²) in [5.41, 5.74) is 7.46. The van der Waals surface area contributed by atoms with Crippen molar-refractivity contribution in [1.29, 1.82) is 0 Å². The van der Waals surface area contributed by atoms with E-state index in [-0.39, 0.29) is 6.61 Å². The molecular weight excluding hydrogens is 244 g/mol. The third-order valence-corrected chi connectivity index (χ3v) is 2.74. The number of ether oxygens (including phenoxy) is 2. The highest BCUT2D eigenvalue weighted by molar-refractivity contribution is 5.89. The molecule has 0 aliphatic rings. The lowest BCUT2D eigenvalue weighted by molar-refractivity contribution is 0.0461. The van der Waals surface area contributed by atoms with Crippen LogP contribution in [0.1, 0.15) is 16.1 Å². The van der Waals surface area contributed by atoms with Gasteiger partial charge >= 0.3 is 5.97 Å². The number of aromatic nitrogens is 1. The fraction of sp³-hybridized carbons (Fsp3) is 0.214. The number of methoxy groups -OCH3 is 1. The summed E-state index contributed by atoms with van der Waals surface area (Å²) in [4.78, 5) is 11.9. The van der Waals surface area contributed by atoms with Crippen LogP contribution in [-0.2, 0) is 18.4 Å². The molecule has 1 heterocycles. The second kappa shape index (κ2) is 5.48. The fourth-order valence-corrected chi connectivity index (χ4v) is 1.78. The molecule has 1 aromatic carbocycles. The third-order valence-electron chi connectivity index (χ3n) is 2.74. The molecule has 19 heavy (non-hydrogen) atoms. The number of carbonyl (C=O) groups excluding carboxylic acids is 1. The van der Waals surface area contributed by atoms with Crippen LogP contribution in [0.2, 0.25) is 0 Å². The molecule has 5 heteroatoms. The number of carbonyl (C=O) groups is 1. The molecule has 2 aromatic rings. The van der Waals surface area contributed by atoms with Crippen molar-refractivity contribution >= 4 is 11.7 Å². The van der Waals surface area contributed by atoms with E-state index in [1.54, 1.807) is 31.0 Å². The molecular formula is C14H16N2O3. The van der Waals surface area contributed by atoms with Gasteiger partial charge in [0.05, 0.1) is 12.8 Å². The molecule has 0 atom stereocenters. The predicted molar refractivity (Wildman–Crippen MR) is 71.9 cm³/mol. The molecule has 0 amide bonds. The van der Waals surface area contributed by atoms with Crippen LogP contribution in [-0.4, -0.2) is 17.6 Å². The highest BCUT2D eigenvalue weighted by Gasteiger charge is 2.12. The van der Waals surface area contributed by atoms with E-state index in [1.807, 2.05) is 24.3 Å². The summed E-state index contributed by atoms with van der Waals surface area (Å²) >= 11 is 0. The number of hydrogen-bond acceptors (Lipinski definition) is 4. The second-order valence-corrected chi connectivity index (χ2v) is 4.20. The van der Waals surface area contributed by atoms with Gasteiger partial charge in [0.25, 0.3) is 0 Å². The molecule has 5 nitrogen and oxygen atoms in total. The van der Waals surface area contributed by atoms with E-state index < -0.39 is 5.97 Å². The van der Waals surface area contributed by atoms with Gasteiger partial charge in [0.15, 0.2) is 0 Å². The molecule has 2 rings (SSSR count). The third kappa shape index (κ3) is 3.07. The number of benzene rings is 1. The van der Waals surface area contributed by atoms with Crippen LogP contribution in [0.25, 0.3) is 0 Å². The van der Waals surface area contributed by atoms with Gasteiger partial charge < -0.3 is 19.8 Å². The minimum absolute atomic E-state index is 0.196. The van der Waals surface area contributed by atoms with Crippen molar-refractivity contribution in [3.05, 3.63) is 47.8 Å². The lowest BCUT2D eigenvalue weighted by atomic mass is 10.2. The van der Waals surface area contributed by atoms with E-state index in [1.165, 1.54) is 0 Å². The number of anilines is 1. The first-order chi connectivity index (χ1) is 9.10. The van der Waals surface area contributed by atoms with Gasteiger partial charge in [-0.3, -0.25) is 0 Å². The van der Waals surface area contributed by atoms with Gasteiger partial charge in [0.1, 0.15) is 18.1 Å². The second-order valence-electron chi connectivity index (χ2n) is 4.20. The van der Waals surface area contributed by atoms with Crippen LogP contribution in [0.3, 0.4) is 0 Å². The molecule has 0 bridgehead atoms. The molecule has 0 radical (unpaired) electrons. The van der Waals surface area contributed by atoms with Gasteiger partial charge in [-0.05, 0) is 23.8 Å². The van der Waals surface area contributed by atoms with Crippen LogP contribution in [0.15, 0.2) is 36.5 Å². The lowest BCUT2D eigenvalue weighted by Crippen LogP contribution is -2.09. The zero-order chi connectivity index (χ0) is 13.8. The fourth-order valence-electron chi connectivity index (χ4n) is 1.78. The van der Waals surface area contributed by atoms with Crippen LogP contribution in [0.5, 0.6) is 5.75 Å². The predicted octanol–water partition coefficient (Wildman–Crippen LogP) is 1.97. The van der Waals surface area contributed by atoms with Gasteiger partial charge in [0.2, 0.25) is 0 Å². The normalized spacial score (nSPS) is 10.2. The van der Waals surface area contributed by atoms with Gasteiger partial charge in [0, 0.05) is 13.2 Å². The Morgan fingerprint density at radius 3 is 2.79 bits per heavy atom. The van der Waals surface area contributed by atoms with E-state index in [4.69, 9.17) is 15.2 Å². The molecule has 0 unspecified atom stereocenters. The summed E-state index contributed by atoms with van der Waals surface area (Å²) in [6.45, 7) is 0.196. The Morgan fingerprint density at radius 1 is 1.37 bits per heavy atom. The van der Waals surface area contributed by atoms with Crippen LogP contribution >= 0.6 is 0 Å². The average molecular weight is 260 g/mol. The van der Waals surface area contributed by atoms with E-state index >= 15 is 0 Å². The summed E-state index contributed by atoms with van der Waals surface area (Å²) in [7, 11) is 3.34. The molecule has 1 aromatic heterocycles. The molecule has 0 aliphatic carbocycles. The Morgan fingerprint density at radius 2 is 2.16 bits per heavy atom. The Labute approximate surface area is 111 Å². The summed E-state index contributed by atoms with van der Waals surface area (Å²) in [6, 6.07) is 8.97. The summed E-state index contributed by atoms with van der Waals surface area (Å²) in [6.07, 6.45) is 1.67. The maximum atomic E-state index is 11.9. The van der Waals surface area contributed by atoms with Gasteiger partial charge in [-0.25, -0.2) is 4.79 Å². The molecule has 2 N–H and O–H groups in total. The molecule has 0 saturated heterocycles. The first kappa shape index (κ1) is 13.0. The highest BCUT2D eigenvalue weighted by atomic mass is 16.5. The van der Waals surface area contributed by atoms with Crippen molar-refractivity contribution in [3.63, 3.8) is 0 Å². The van der Waals surface area contributed by atoms with E-state index in [0.717, 1.165) is 11.3 Å². The number of nitrogen functional groups attached to an aromatic ring is 1. The molecule has 0 fully saturated rings. The van der Waals surface area contributed by atoms with Crippen LogP contribution in [0, 0.1) is 0 Å². The number of aryl methyl sites for hydroxylation is 1. The smallest absolute Gasteiger partial charge is 0.355 e. The van der Waals surface area contributed by atoms with E-state index in [0.29, 0.717) is 11.4 Å². The zero-order valence-corrected chi connectivity index (χ0v) is 10.9. The summed E-state index contributed by atoms with van der Waals surface area (Å²) < 4.78 is 12.0. The van der Waals surface area contributed by atoms with Crippen molar-refractivity contribution in [3.8, 4) is 5.75 Å². The zero-order valence-electron chi connectivity index (χ0n) is 10.9. The van der Waals surface area contributed by atoms with E-state index in [2.05, 4.69) is 0 Å². The first-order valence-corrected chi connectivity index (χ1v) is 5.82. The monoisotopic (exact) mass is 260 g/mol. The SMILES string of the molecule is COc1cccc(COC(=O)c2cc(N)cn2C)c1. The number of nitrogens with zero attached hydrogens (tertiary/aromatic N) is 1. The first-order valence-electron chi connectivity index (χ1n) is 5.82. The van der Waals surface area contributed by atoms with Gasteiger partial charge in [-0.2, -0.15) is 0 Å². The summed E-state index contributed by atoms with van der Waals surface area (Å²) in [5, 5.41) is 0. The number of rotatable bonds is 4. The quantitative estimate of drug-likeness (QED) is 0.853. The molecule has 0 aliphatic heterocycles. The van der Waals surface area contributed by atoms with Crippen molar-refractivity contribution < 1.29 is 14.3 Å². The molecule has 0 spiro atoms. The van der Waals surface area contributed by atoms with Crippen molar-refractivity contribution in [2.75, 3.05) is 12.8 Å². The average Bonchev–Trinajstić information content (AvgIpc) is 2.75. The number of hydrogen-bond donors (Lipinski definition) is 1. The maximum absolute atomic E-state index is 11.9. The Hall–Kier alpha value is -2.43. The van der Waals surface area contributed by atoms with Crippen molar-refractivity contribution in [2.45, 2.75) is 6.61 Å². The summed E-state index contributed by atoms with van der Waals surface area (Å²) in [5.74, 6) is 0.332. The van der Waals surface area contributed by atoms with Crippen LogP contribution < -0.4 is 10.5 Å².